The van der Waals surface area contributed by atoms with Gasteiger partial charge in [0.25, 0.3) is 5.91 Å². The van der Waals surface area contributed by atoms with Crippen LogP contribution in [0.1, 0.15) is 29.8 Å². The molecule has 0 heterocycles. The van der Waals surface area contributed by atoms with E-state index in [9.17, 15) is 9.18 Å². The highest BCUT2D eigenvalue weighted by molar-refractivity contribution is 6.02. The number of hydrogen-bond acceptors (Lipinski definition) is 1. The highest BCUT2D eigenvalue weighted by atomic mass is 19.1. The van der Waals surface area contributed by atoms with Gasteiger partial charge in [-0.25, -0.2) is 9.38 Å². The maximum absolute atomic E-state index is 13.3. The summed E-state index contributed by atoms with van der Waals surface area (Å²) in [6.07, 6.45) is 0. The SMILES string of the molecule is CC(C)=NC(=O)c1ccc(C)cc1F. The van der Waals surface area contributed by atoms with Gasteiger partial charge in [-0.2, -0.15) is 0 Å². The Labute approximate surface area is 82.5 Å². The Hall–Kier alpha value is -1.51. The Morgan fingerprint density at radius 3 is 2.50 bits per heavy atom. The van der Waals surface area contributed by atoms with Crippen molar-refractivity contribution < 1.29 is 9.18 Å². The molecule has 0 aliphatic rings. The average molecular weight is 193 g/mol. The summed E-state index contributed by atoms with van der Waals surface area (Å²) >= 11 is 0. The number of hydrogen-bond donors (Lipinski definition) is 0. The maximum Gasteiger partial charge on any atom is 0.279 e. The van der Waals surface area contributed by atoms with Gasteiger partial charge in [0.05, 0.1) is 5.56 Å². The molecule has 0 atom stereocenters. The van der Waals surface area contributed by atoms with E-state index < -0.39 is 11.7 Å². The standard InChI is InChI=1S/C11H12FNO/c1-7(2)13-11(14)9-5-4-8(3)6-10(9)12/h4-6H,1-3H3. The summed E-state index contributed by atoms with van der Waals surface area (Å²) in [6.45, 7) is 5.17. The number of rotatable bonds is 1. The lowest BCUT2D eigenvalue weighted by molar-refractivity contribution is 0.0999. The first-order valence-electron chi connectivity index (χ1n) is 4.33. The zero-order valence-electron chi connectivity index (χ0n) is 8.47. The summed E-state index contributed by atoms with van der Waals surface area (Å²) in [5, 5.41) is 0. The highest BCUT2D eigenvalue weighted by Crippen LogP contribution is 2.11. The van der Waals surface area contributed by atoms with E-state index in [4.69, 9.17) is 0 Å². The molecule has 1 rings (SSSR count). The van der Waals surface area contributed by atoms with Gasteiger partial charge < -0.3 is 0 Å². The van der Waals surface area contributed by atoms with Gasteiger partial charge in [0.1, 0.15) is 5.82 Å². The van der Waals surface area contributed by atoms with Crippen LogP contribution in [-0.4, -0.2) is 11.6 Å². The van der Waals surface area contributed by atoms with Crippen molar-refractivity contribution in [2.24, 2.45) is 4.99 Å². The van der Waals surface area contributed by atoms with Gasteiger partial charge in [-0.1, -0.05) is 6.07 Å². The van der Waals surface area contributed by atoms with Crippen LogP contribution in [0.2, 0.25) is 0 Å². The van der Waals surface area contributed by atoms with Crippen LogP contribution in [0.4, 0.5) is 4.39 Å². The van der Waals surface area contributed by atoms with Gasteiger partial charge in [0, 0.05) is 5.71 Å². The van der Waals surface area contributed by atoms with Crippen molar-refractivity contribution in [2.45, 2.75) is 20.8 Å². The molecule has 1 amide bonds. The summed E-state index contributed by atoms with van der Waals surface area (Å²) < 4.78 is 13.3. The molecular formula is C11H12FNO. The number of nitrogens with zero attached hydrogens (tertiary/aromatic N) is 1. The van der Waals surface area contributed by atoms with Crippen LogP contribution >= 0.6 is 0 Å². The van der Waals surface area contributed by atoms with E-state index in [1.54, 1.807) is 26.8 Å². The van der Waals surface area contributed by atoms with Crippen molar-refractivity contribution in [3.8, 4) is 0 Å². The first-order chi connectivity index (χ1) is 6.50. The van der Waals surface area contributed by atoms with E-state index in [-0.39, 0.29) is 5.56 Å². The number of aliphatic imine (C=N–C) groups is 1. The molecule has 14 heavy (non-hydrogen) atoms. The molecule has 1 aromatic carbocycles. The van der Waals surface area contributed by atoms with Crippen molar-refractivity contribution in [1.82, 2.24) is 0 Å². The zero-order valence-corrected chi connectivity index (χ0v) is 8.47. The third-order valence-corrected chi connectivity index (χ3v) is 1.68. The van der Waals surface area contributed by atoms with Gasteiger partial charge >= 0.3 is 0 Å². The molecule has 0 aromatic heterocycles. The van der Waals surface area contributed by atoms with E-state index in [0.717, 1.165) is 5.56 Å². The van der Waals surface area contributed by atoms with Gasteiger partial charge in [-0.05, 0) is 38.5 Å². The molecule has 0 fully saturated rings. The smallest absolute Gasteiger partial charge is 0.267 e. The fraction of sp³-hybridized carbons (Fsp3) is 0.273. The van der Waals surface area contributed by atoms with Crippen molar-refractivity contribution >= 4 is 11.6 Å². The highest BCUT2D eigenvalue weighted by Gasteiger charge is 2.09. The normalized spacial score (nSPS) is 9.71. The molecule has 0 N–H and O–H groups in total. The number of carbonyl (C=O) groups is 1. The van der Waals surface area contributed by atoms with E-state index in [1.165, 1.54) is 12.1 Å². The second-order valence-corrected chi connectivity index (χ2v) is 3.35. The van der Waals surface area contributed by atoms with E-state index >= 15 is 0 Å². The molecule has 74 valence electrons. The maximum atomic E-state index is 13.3. The van der Waals surface area contributed by atoms with Crippen molar-refractivity contribution in [3.05, 3.63) is 35.1 Å². The second-order valence-electron chi connectivity index (χ2n) is 3.35. The van der Waals surface area contributed by atoms with Crippen molar-refractivity contribution in [2.75, 3.05) is 0 Å². The number of amides is 1. The lowest BCUT2D eigenvalue weighted by Crippen LogP contribution is -2.01. The minimum absolute atomic E-state index is 0.0248. The van der Waals surface area contributed by atoms with Crippen LogP contribution < -0.4 is 0 Å². The predicted octanol–water partition coefficient (Wildman–Crippen LogP) is 2.76. The molecule has 0 saturated carbocycles. The molecular weight excluding hydrogens is 181 g/mol. The summed E-state index contributed by atoms with van der Waals surface area (Å²) in [5.41, 5.74) is 1.43. The Bertz CT molecular complexity index is 392. The minimum Gasteiger partial charge on any atom is -0.267 e. The molecule has 0 unspecified atom stereocenters. The molecule has 0 aliphatic heterocycles. The first kappa shape index (κ1) is 10.6. The lowest BCUT2D eigenvalue weighted by Gasteiger charge is -1.99. The van der Waals surface area contributed by atoms with Crippen LogP contribution in [0.5, 0.6) is 0 Å². The topological polar surface area (TPSA) is 29.4 Å². The predicted molar refractivity (Wildman–Crippen MR) is 54.3 cm³/mol. The van der Waals surface area contributed by atoms with Crippen LogP contribution in [0.25, 0.3) is 0 Å². The summed E-state index contributed by atoms with van der Waals surface area (Å²) in [5.74, 6) is -1.04. The first-order valence-corrected chi connectivity index (χ1v) is 4.33. The molecule has 1 aromatic rings. The molecule has 0 spiro atoms. The summed E-state index contributed by atoms with van der Waals surface area (Å²) in [4.78, 5) is 15.0. The number of benzene rings is 1. The largest absolute Gasteiger partial charge is 0.279 e. The molecule has 0 aliphatic carbocycles. The minimum atomic E-state index is -0.525. The Morgan fingerprint density at radius 1 is 1.36 bits per heavy atom. The Morgan fingerprint density at radius 2 is 2.00 bits per heavy atom. The Balaban J connectivity index is 3.08. The summed E-state index contributed by atoms with van der Waals surface area (Å²) in [7, 11) is 0. The average Bonchev–Trinajstić information content (AvgIpc) is 2.01. The Kier molecular flexibility index (Phi) is 3.12. The van der Waals surface area contributed by atoms with Crippen LogP contribution in [0.3, 0.4) is 0 Å². The summed E-state index contributed by atoms with van der Waals surface area (Å²) in [6, 6.07) is 4.48. The van der Waals surface area contributed by atoms with Gasteiger partial charge in [-0.15, -0.1) is 0 Å². The van der Waals surface area contributed by atoms with E-state index in [0.29, 0.717) is 5.71 Å². The van der Waals surface area contributed by atoms with Gasteiger partial charge in [0.15, 0.2) is 0 Å². The second kappa shape index (κ2) is 4.13. The third kappa shape index (κ3) is 2.49. The van der Waals surface area contributed by atoms with Crippen LogP contribution in [0, 0.1) is 12.7 Å². The van der Waals surface area contributed by atoms with Crippen LogP contribution in [0.15, 0.2) is 23.2 Å². The number of aryl methyl sites for hydroxylation is 1. The molecule has 0 bridgehead atoms. The van der Waals surface area contributed by atoms with Crippen molar-refractivity contribution in [1.29, 1.82) is 0 Å². The fourth-order valence-corrected chi connectivity index (χ4v) is 1.06. The number of carbonyl (C=O) groups excluding carboxylic acids is 1. The molecule has 0 saturated heterocycles. The number of halogens is 1. The van der Waals surface area contributed by atoms with Crippen LogP contribution in [-0.2, 0) is 0 Å². The quantitative estimate of drug-likeness (QED) is 0.630. The third-order valence-electron chi connectivity index (χ3n) is 1.68. The van der Waals surface area contributed by atoms with Gasteiger partial charge in [-0.3, -0.25) is 4.79 Å². The molecule has 2 nitrogen and oxygen atoms in total. The molecule has 0 radical (unpaired) electrons. The van der Waals surface area contributed by atoms with Crippen molar-refractivity contribution in [3.63, 3.8) is 0 Å². The fourth-order valence-electron chi connectivity index (χ4n) is 1.06. The monoisotopic (exact) mass is 193 g/mol. The zero-order chi connectivity index (χ0) is 10.7. The van der Waals surface area contributed by atoms with E-state index in [1.807, 2.05) is 0 Å². The lowest BCUT2D eigenvalue weighted by atomic mass is 10.1. The van der Waals surface area contributed by atoms with E-state index in [2.05, 4.69) is 4.99 Å². The van der Waals surface area contributed by atoms with Gasteiger partial charge in [0.2, 0.25) is 0 Å². The molecule has 3 heteroatoms.